The molecule has 0 radical (unpaired) electrons. The van der Waals surface area contributed by atoms with Crippen LogP contribution < -0.4 is 22.1 Å². The van der Waals surface area contributed by atoms with Crippen LogP contribution in [0.1, 0.15) is 6.42 Å². The Balaban J connectivity index is 1.90. The summed E-state index contributed by atoms with van der Waals surface area (Å²) in [6.45, 7) is 4.61. The number of nitrogens with two attached hydrogens (primary N) is 2. The van der Waals surface area contributed by atoms with Crippen molar-refractivity contribution in [3.63, 3.8) is 0 Å². The van der Waals surface area contributed by atoms with E-state index in [-0.39, 0.29) is 6.04 Å². The predicted octanol–water partition coefficient (Wildman–Crippen LogP) is -2.64. The Morgan fingerprint density at radius 1 is 1.08 bits per heavy atom. The van der Waals surface area contributed by atoms with Gasteiger partial charge in [0.25, 0.3) is 0 Å². The monoisotopic (exact) mass is 343 g/mol. The summed E-state index contributed by atoms with van der Waals surface area (Å²) in [6, 6.07) is -2.08. The van der Waals surface area contributed by atoms with Crippen LogP contribution in [0.4, 0.5) is 4.79 Å². The Labute approximate surface area is 140 Å². The Bertz CT molecular complexity index is 448. The maximum Gasteiger partial charge on any atom is 0.315 e. The van der Waals surface area contributed by atoms with Crippen molar-refractivity contribution in [1.82, 2.24) is 15.5 Å². The molecule has 0 aromatic heterocycles. The van der Waals surface area contributed by atoms with E-state index in [9.17, 15) is 14.4 Å². The van der Waals surface area contributed by atoms with Gasteiger partial charge < -0.3 is 31.6 Å². The summed E-state index contributed by atoms with van der Waals surface area (Å²) in [5, 5.41) is 4.88. The number of nitrogens with zero attached hydrogens (tertiary/aromatic N) is 1. The summed E-state index contributed by atoms with van der Waals surface area (Å²) in [6.07, 6.45) is 0.927. The summed E-state index contributed by atoms with van der Waals surface area (Å²) in [7, 11) is 0. The Morgan fingerprint density at radius 2 is 1.75 bits per heavy atom. The predicted molar refractivity (Wildman–Crippen MR) is 83.8 cm³/mol. The van der Waals surface area contributed by atoms with E-state index in [2.05, 4.69) is 15.5 Å². The SMILES string of the molecule is NC(=O)C(NC(=O)NC[C@@H]([C@H]1CCOC1)N1CCOCC1)C(N)=O. The average molecular weight is 343 g/mol. The van der Waals surface area contributed by atoms with Gasteiger partial charge in [-0.05, 0) is 6.42 Å². The molecule has 2 fully saturated rings. The fraction of sp³-hybridized carbons (Fsp3) is 0.786. The molecule has 0 aromatic rings. The van der Waals surface area contributed by atoms with Crippen LogP contribution in [0.5, 0.6) is 0 Å². The third-order valence-corrected chi connectivity index (χ3v) is 4.34. The van der Waals surface area contributed by atoms with Crippen LogP contribution in [0.3, 0.4) is 0 Å². The summed E-state index contributed by atoms with van der Waals surface area (Å²) < 4.78 is 10.8. The molecule has 10 nitrogen and oxygen atoms in total. The number of hydrogen-bond acceptors (Lipinski definition) is 6. The molecule has 2 rings (SSSR count). The molecular weight excluding hydrogens is 318 g/mol. The standard InChI is InChI=1S/C14H25N5O5/c15-12(20)11(13(16)21)18-14(22)17-7-10(9-1-4-24-8-9)19-2-5-23-6-3-19/h9-11H,1-8H2,(H2,15,20)(H2,16,21)(H2,17,18,22)/t9-,10-/m0/s1. The van der Waals surface area contributed by atoms with E-state index in [1.165, 1.54) is 0 Å². The van der Waals surface area contributed by atoms with Crippen LogP contribution in [0.25, 0.3) is 0 Å². The van der Waals surface area contributed by atoms with E-state index in [0.29, 0.717) is 38.9 Å². The molecule has 0 unspecified atom stereocenters. The topological polar surface area (TPSA) is 149 Å². The highest BCUT2D eigenvalue weighted by Crippen LogP contribution is 2.21. The van der Waals surface area contributed by atoms with E-state index in [0.717, 1.165) is 19.5 Å². The Morgan fingerprint density at radius 3 is 2.29 bits per heavy atom. The number of amides is 4. The molecule has 2 aliphatic heterocycles. The summed E-state index contributed by atoms with van der Waals surface area (Å²) >= 11 is 0. The molecular formula is C14H25N5O5. The van der Waals surface area contributed by atoms with Gasteiger partial charge in [-0.15, -0.1) is 0 Å². The van der Waals surface area contributed by atoms with Crippen molar-refractivity contribution < 1.29 is 23.9 Å². The van der Waals surface area contributed by atoms with E-state index in [1.807, 2.05) is 0 Å². The van der Waals surface area contributed by atoms with Gasteiger partial charge in [-0.3, -0.25) is 14.5 Å². The molecule has 0 spiro atoms. The van der Waals surface area contributed by atoms with Crippen LogP contribution in [0.2, 0.25) is 0 Å². The lowest BCUT2D eigenvalue weighted by Crippen LogP contribution is -2.57. The normalized spacial score (nSPS) is 23.0. The van der Waals surface area contributed by atoms with Gasteiger partial charge in [-0.2, -0.15) is 0 Å². The van der Waals surface area contributed by atoms with Crippen molar-refractivity contribution in [3.8, 4) is 0 Å². The van der Waals surface area contributed by atoms with Crippen molar-refractivity contribution in [2.24, 2.45) is 17.4 Å². The van der Waals surface area contributed by atoms with Crippen LogP contribution in [-0.2, 0) is 19.1 Å². The van der Waals surface area contributed by atoms with Gasteiger partial charge in [-0.1, -0.05) is 0 Å². The van der Waals surface area contributed by atoms with Crippen LogP contribution >= 0.6 is 0 Å². The molecule has 0 aliphatic carbocycles. The van der Waals surface area contributed by atoms with E-state index in [1.54, 1.807) is 0 Å². The maximum atomic E-state index is 12.0. The second-order valence-electron chi connectivity index (χ2n) is 5.93. The number of carbonyl (C=O) groups is 3. The zero-order chi connectivity index (χ0) is 17.5. The van der Waals surface area contributed by atoms with Gasteiger partial charge >= 0.3 is 6.03 Å². The van der Waals surface area contributed by atoms with E-state index in [4.69, 9.17) is 20.9 Å². The van der Waals surface area contributed by atoms with Gasteiger partial charge in [0.15, 0.2) is 6.04 Å². The first kappa shape index (κ1) is 18.4. The third kappa shape index (κ3) is 5.05. The minimum atomic E-state index is -1.53. The van der Waals surface area contributed by atoms with Crippen molar-refractivity contribution in [2.75, 3.05) is 46.1 Å². The molecule has 6 N–H and O–H groups in total. The average Bonchev–Trinajstić information content (AvgIpc) is 3.07. The Kier molecular flexibility index (Phi) is 6.76. The molecule has 2 aliphatic rings. The highest BCUT2D eigenvalue weighted by Gasteiger charge is 2.32. The molecule has 0 aromatic carbocycles. The second-order valence-corrected chi connectivity index (χ2v) is 5.93. The van der Waals surface area contributed by atoms with Gasteiger partial charge in [-0.25, -0.2) is 4.79 Å². The van der Waals surface area contributed by atoms with Crippen molar-refractivity contribution >= 4 is 17.8 Å². The van der Waals surface area contributed by atoms with Gasteiger partial charge in [0.2, 0.25) is 11.8 Å². The number of rotatable bonds is 7. The molecule has 10 heteroatoms. The second kappa shape index (κ2) is 8.81. The van der Waals surface area contributed by atoms with Crippen LogP contribution in [-0.4, -0.2) is 80.9 Å². The molecule has 2 atom stereocenters. The number of ether oxygens (including phenoxy) is 2. The fourth-order valence-electron chi connectivity index (χ4n) is 3.02. The number of urea groups is 1. The lowest BCUT2D eigenvalue weighted by atomic mass is 9.97. The molecule has 24 heavy (non-hydrogen) atoms. The van der Waals surface area contributed by atoms with Crippen molar-refractivity contribution in [2.45, 2.75) is 18.5 Å². The molecule has 0 saturated carbocycles. The minimum Gasteiger partial charge on any atom is -0.381 e. The van der Waals surface area contributed by atoms with Crippen LogP contribution in [0.15, 0.2) is 0 Å². The van der Waals surface area contributed by atoms with Gasteiger partial charge in [0.1, 0.15) is 0 Å². The smallest absolute Gasteiger partial charge is 0.315 e. The van der Waals surface area contributed by atoms with E-state index >= 15 is 0 Å². The molecule has 2 saturated heterocycles. The lowest BCUT2D eigenvalue weighted by Gasteiger charge is -2.37. The largest absolute Gasteiger partial charge is 0.381 e. The lowest BCUT2D eigenvalue weighted by molar-refractivity contribution is -0.128. The molecule has 136 valence electrons. The van der Waals surface area contributed by atoms with Crippen molar-refractivity contribution in [3.05, 3.63) is 0 Å². The fourth-order valence-corrected chi connectivity index (χ4v) is 3.02. The summed E-state index contributed by atoms with van der Waals surface area (Å²) in [4.78, 5) is 36.4. The number of primary amides is 2. The maximum absolute atomic E-state index is 12.0. The molecule has 2 heterocycles. The highest BCUT2D eigenvalue weighted by atomic mass is 16.5. The first-order chi connectivity index (χ1) is 11.5. The van der Waals surface area contributed by atoms with Gasteiger partial charge in [0.05, 0.1) is 19.8 Å². The van der Waals surface area contributed by atoms with Gasteiger partial charge in [0, 0.05) is 38.2 Å². The molecule has 4 amide bonds. The first-order valence-electron chi connectivity index (χ1n) is 8.01. The Hall–Kier alpha value is -1.91. The number of morpholine rings is 1. The molecule has 0 bridgehead atoms. The minimum absolute atomic E-state index is 0.0998. The number of carbonyl (C=O) groups excluding carboxylic acids is 3. The van der Waals surface area contributed by atoms with E-state index < -0.39 is 23.9 Å². The summed E-state index contributed by atoms with van der Waals surface area (Å²) in [5.74, 6) is -1.68. The number of nitrogens with one attached hydrogen (secondary N) is 2. The summed E-state index contributed by atoms with van der Waals surface area (Å²) in [5.41, 5.74) is 10.1. The number of hydrogen-bond donors (Lipinski definition) is 4. The highest BCUT2D eigenvalue weighted by molar-refractivity contribution is 6.05. The first-order valence-corrected chi connectivity index (χ1v) is 8.01. The van der Waals surface area contributed by atoms with Crippen molar-refractivity contribution in [1.29, 1.82) is 0 Å². The van der Waals surface area contributed by atoms with Crippen LogP contribution in [0, 0.1) is 5.92 Å². The quantitative estimate of drug-likeness (QED) is 0.371. The zero-order valence-corrected chi connectivity index (χ0v) is 13.5. The third-order valence-electron chi connectivity index (χ3n) is 4.34. The zero-order valence-electron chi connectivity index (χ0n) is 13.5.